The van der Waals surface area contributed by atoms with Gasteiger partial charge < -0.3 is 5.32 Å². The van der Waals surface area contributed by atoms with Crippen molar-refractivity contribution >= 4 is 11.6 Å². The van der Waals surface area contributed by atoms with Crippen molar-refractivity contribution in [1.29, 1.82) is 0 Å². The van der Waals surface area contributed by atoms with Crippen LogP contribution in [-0.2, 0) is 6.54 Å². The highest BCUT2D eigenvalue weighted by Crippen LogP contribution is 2.09. The summed E-state index contributed by atoms with van der Waals surface area (Å²) in [5.74, 6) is -0.190. The number of nitrogens with zero attached hydrogens (tertiary/aromatic N) is 4. The summed E-state index contributed by atoms with van der Waals surface area (Å²) in [4.78, 5) is 20.7. The van der Waals surface area contributed by atoms with Crippen LogP contribution in [0.25, 0.3) is 5.65 Å². The van der Waals surface area contributed by atoms with Crippen molar-refractivity contribution < 1.29 is 4.79 Å². The predicted molar refractivity (Wildman–Crippen MR) is 77.9 cm³/mol. The molecule has 3 heterocycles. The van der Waals surface area contributed by atoms with Gasteiger partial charge in [0.15, 0.2) is 5.65 Å². The van der Waals surface area contributed by atoms with Crippen LogP contribution in [0.2, 0.25) is 0 Å². The van der Waals surface area contributed by atoms with E-state index < -0.39 is 0 Å². The minimum absolute atomic E-state index is 0.190. The number of hydrogen-bond donors (Lipinski definition) is 1. The molecule has 0 unspecified atom stereocenters. The van der Waals surface area contributed by atoms with E-state index >= 15 is 0 Å². The lowest BCUT2D eigenvalue weighted by Crippen LogP contribution is -2.23. The molecule has 0 saturated heterocycles. The van der Waals surface area contributed by atoms with Crippen LogP contribution >= 0.6 is 0 Å². The molecule has 0 aromatic carbocycles. The number of aryl methyl sites for hydroxylation is 2. The molecule has 6 heteroatoms. The summed E-state index contributed by atoms with van der Waals surface area (Å²) < 4.78 is 1.59. The molecule has 1 amide bonds. The monoisotopic (exact) mass is 281 g/mol. The predicted octanol–water partition coefficient (Wildman–Crippen LogP) is 1.67. The van der Waals surface area contributed by atoms with Gasteiger partial charge in [-0.2, -0.15) is 5.10 Å². The Morgan fingerprint density at radius 2 is 2.14 bits per heavy atom. The van der Waals surface area contributed by atoms with Gasteiger partial charge in [-0.15, -0.1) is 0 Å². The number of hydrogen-bond acceptors (Lipinski definition) is 4. The van der Waals surface area contributed by atoms with Gasteiger partial charge in [-0.3, -0.25) is 9.78 Å². The summed E-state index contributed by atoms with van der Waals surface area (Å²) in [7, 11) is 0. The normalized spacial score (nSPS) is 10.8. The fourth-order valence-electron chi connectivity index (χ4n) is 2.11. The fourth-order valence-corrected chi connectivity index (χ4v) is 2.11. The Labute approximate surface area is 121 Å². The summed E-state index contributed by atoms with van der Waals surface area (Å²) in [5, 5.41) is 7.00. The van der Waals surface area contributed by atoms with E-state index in [1.807, 2.05) is 26.0 Å². The Morgan fingerprint density at radius 1 is 1.29 bits per heavy atom. The topological polar surface area (TPSA) is 72.2 Å². The molecule has 0 spiro atoms. The lowest BCUT2D eigenvalue weighted by atomic mass is 10.2. The fraction of sp³-hybridized carbons (Fsp3) is 0.200. The summed E-state index contributed by atoms with van der Waals surface area (Å²) in [6, 6.07) is 3.84. The first-order chi connectivity index (χ1) is 10.1. The zero-order chi connectivity index (χ0) is 14.8. The van der Waals surface area contributed by atoms with Gasteiger partial charge in [0.1, 0.15) is 5.56 Å². The summed E-state index contributed by atoms with van der Waals surface area (Å²) in [6.45, 7) is 4.28. The number of fused-ring (bicyclic) bond motifs is 1. The number of pyridine rings is 1. The van der Waals surface area contributed by atoms with Crippen molar-refractivity contribution in [2.24, 2.45) is 0 Å². The Balaban J connectivity index is 1.79. The molecule has 6 nitrogen and oxygen atoms in total. The molecular weight excluding hydrogens is 266 g/mol. The lowest BCUT2D eigenvalue weighted by molar-refractivity contribution is 0.0952. The van der Waals surface area contributed by atoms with Crippen LogP contribution in [0.5, 0.6) is 0 Å². The second-order valence-electron chi connectivity index (χ2n) is 4.95. The van der Waals surface area contributed by atoms with Crippen LogP contribution in [0.1, 0.15) is 27.2 Å². The quantitative estimate of drug-likeness (QED) is 0.792. The molecule has 3 rings (SSSR count). The van der Waals surface area contributed by atoms with Crippen LogP contribution < -0.4 is 5.32 Å². The first kappa shape index (κ1) is 13.2. The summed E-state index contributed by atoms with van der Waals surface area (Å²) in [6.07, 6.45) is 6.85. The molecule has 0 fully saturated rings. The van der Waals surface area contributed by atoms with Crippen molar-refractivity contribution in [2.75, 3.05) is 0 Å². The number of aromatic nitrogens is 4. The highest BCUT2D eigenvalue weighted by Gasteiger charge is 2.13. The number of amides is 1. The van der Waals surface area contributed by atoms with Gasteiger partial charge in [-0.1, -0.05) is 6.07 Å². The second-order valence-corrected chi connectivity index (χ2v) is 4.95. The molecule has 3 aromatic rings. The molecule has 0 aliphatic heterocycles. The van der Waals surface area contributed by atoms with Gasteiger partial charge in [0.05, 0.1) is 6.20 Å². The van der Waals surface area contributed by atoms with Crippen LogP contribution in [-0.4, -0.2) is 25.5 Å². The highest BCUT2D eigenvalue weighted by molar-refractivity contribution is 5.99. The van der Waals surface area contributed by atoms with Crippen molar-refractivity contribution in [1.82, 2.24) is 24.9 Å². The molecule has 0 radical (unpaired) electrons. The maximum absolute atomic E-state index is 12.3. The Kier molecular flexibility index (Phi) is 3.35. The first-order valence-corrected chi connectivity index (χ1v) is 6.63. The average Bonchev–Trinajstić information content (AvgIpc) is 2.88. The molecule has 1 N–H and O–H groups in total. The minimum atomic E-state index is -0.190. The molecular formula is C15H15N5O. The molecule has 0 bridgehead atoms. The molecule has 21 heavy (non-hydrogen) atoms. The van der Waals surface area contributed by atoms with Gasteiger partial charge in [0, 0.05) is 30.8 Å². The first-order valence-electron chi connectivity index (χ1n) is 6.63. The van der Waals surface area contributed by atoms with E-state index in [1.54, 1.807) is 23.1 Å². The van der Waals surface area contributed by atoms with Crippen molar-refractivity contribution in [3.05, 3.63) is 59.3 Å². The molecule has 106 valence electrons. The van der Waals surface area contributed by atoms with Crippen LogP contribution in [0, 0.1) is 13.8 Å². The van der Waals surface area contributed by atoms with Crippen LogP contribution in [0.3, 0.4) is 0 Å². The molecule has 0 aliphatic rings. The zero-order valence-corrected chi connectivity index (χ0v) is 11.9. The molecule has 3 aromatic heterocycles. The Hall–Kier alpha value is -2.76. The third-order valence-corrected chi connectivity index (χ3v) is 3.14. The van der Waals surface area contributed by atoms with Crippen LogP contribution in [0.15, 0.2) is 36.9 Å². The maximum atomic E-state index is 12.3. The van der Waals surface area contributed by atoms with Crippen LogP contribution in [0.4, 0.5) is 0 Å². The Morgan fingerprint density at radius 3 is 2.95 bits per heavy atom. The largest absolute Gasteiger partial charge is 0.348 e. The highest BCUT2D eigenvalue weighted by atomic mass is 16.1. The lowest BCUT2D eigenvalue weighted by Gasteiger charge is -2.04. The van der Waals surface area contributed by atoms with Gasteiger partial charge in [0.2, 0.25) is 0 Å². The van der Waals surface area contributed by atoms with E-state index in [2.05, 4.69) is 20.4 Å². The van der Waals surface area contributed by atoms with E-state index in [0.29, 0.717) is 17.8 Å². The molecule has 0 saturated carbocycles. The van der Waals surface area contributed by atoms with Gasteiger partial charge in [-0.25, -0.2) is 9.50 Å². The average molecular weight is 281 g/mol. The van der Waals surface area contributed by atoms with E-state index in [-0.39, 0.29) is 5.91 Å². The smallest absolute Gasteiger partial charge is 0.257 e. The van der Waals surface area contributed by atoms with E-state index in [4.69, 9.17) is 0 Å². The van der Waals surface area contributed by atoms with Gasteiger partial charge in [0.25, 0.3) is 5.91 Å². The standard InChI is InChI=1S/C15H15N5O/c1-10-5-12(7-16-6-10)8-17-15(21)13-9-18-20-4-3-11(2)19-14(13)20/h3-7,9H,8H2,1-2H3,(H,17,21). The van der Waals surface area contributed by atoms with E-state index in [0.717, 1.165) is 16.8 Å². The van der Waals surface area contributed by atoms with E-state index in [1.165, 1.54) is 6.20 Å². The van der Waals surface area contributed by atoms with Crippen molar-refractivity contribution in [3.63, 3.8) is 0 Å². The second kappa shape index (κ2) is 5.32. The third kappa shape index (κ3) is 2.74. The number of carbonyl (C=O) groups excluding carboxylic acids is 1. The van der Waals surface area contributed by atoms with Crippen molar-refractivity contribution in [2.45, 2.75) is 20.4 Å². The van der Waals surface area contributed by atoms with E-state index in [9.17, 15) is 4.79 Å². The third-order valence-electron chi connectivity index (χ3n) is 3.14. The molecule has 0 atom stereocenters. The minimum Gasteiger partial charge on any atom is -0.348 e. The zero-order valence-electron chi connectivity index (χ0n) is 11.9. The number of carbonyl (C=O) groups is 1. The summed E-state index contributed by atoms with van der Waals surface area (Å²) >= 11 is 0. The van der Waals surface area contributed by atoms with Crippen molar-refractivity contribution in [3.8, 4) is 0 Å². The summed E-state index contributed by atoms with van der Waals surface area (Å²) in [5.41, 5.74) is 3.91. The maximum Gasteiger partial charge on any atom is 0.257 e. The van der Waals surface area contributed by atoms with Gasteiger partial charge in [-0.05, 0) is 31.0 Å². The number of nitrogens with one attached hydrogen (secondary N) is 1. The Bertz CT molecular complexity index is 809. The number of rotatable bonds is 3. The SMILES string of the molecule is Cc1cncc(CNC(=O)c2cnn3ccc(C)nc23)c1. The van der Waals surface area contributed by atoms with Gasteiger partial charge >= 0.3 is 0 Å². The molecule has 0 aliphatic carbocycles.